The van der Waals surface area contributed by atoms with Crippen LogP contribution in [0.25, 0.3) is 0 Å². The monoisotopic (exact) mass is 274 g/mol. The molecule has 1 N–H and O–H groups in total. The number of thiazole rings is 1. The molecule has 1 atom stereocenters. The molecule has 1 heterocycles. The molecule has 0 radical (unpaired) electrons. The van der Waals surface area contributed by atoms with E-state index in [0.717, 1.165) is 13.0 Å². The van der Waals surface area contributed by atoms with Crippen molar-refractivity contribution in [2.45, 2.75) is 39.7 Å². The third-order valence-electron chi connectivity index (χ3n) is 3.17. The summed E-state index contributed by atoms with van der Waals surface area (Å²) in [5, 5.41) is 4.70. The van der Waals surface area contributed by atoms with Gasteiger partial charge >= 0.3 is 0 Å². The molecule has 2 aromatic rings. The second-order valence-corrected chi connectivity index (χ2v) is 6.14. The van der Waals surface area contributed by atoms with Crippen LogP contribution in [0.1, 0.15) is 47.3 Å². The Hall–Kier alpha value is -1.19. The predicted octanol–water partition coefficient (Wildman–Crippen LogP) is 4.10. The van der Waals surface area contributed by atoms with Crippen LogP contribution in [0.2, 0.25) is 0 Å². The average Bonchev–Trinajstić information content (AvgIpc) is 2.87. The minimum absolute atomic E-state index is 0.407. The van der Waals surface area contributed by atoms with Gasteiger partial charge in [0.1, 0.15) is 0 Å². The highest BCUT2D eigenvalue weighted by Crippen LogP contribution is 2.22. The van der Waals surface area contributed by atoms with Crippen LogP contribution in [0, 0.1) is 6.92 Å². The summed E-state index contributed by atoms with van der Waals surface area (Å²) in [5.41, 5.74) is 2.64. The summed E-state index contributed by atoms with van der Waals surface area (Å²) in [4.78, 5) is 5.87. The third kappa shape index (κ3) is 4.15. The summed E-state index contributed by atoms with van der Waals surface area (Å²) in [6.07, 6.45) is 4.12. The number of hydrogen-bond donors (Lipinski definition) is 1. The highest BCUT2D eigenvalue weighted by molar-refractivity contribution is 7.11. The van der Waals surface area contributed by atoms with E-state index in [-0.39, 0.29) is 0 Å². The molecule has 19 heavy (non-hydrogen) atoms. The van der Waals surface area contributed by atoms with E-state index in [1.165, 1.54) is 27.4 Å². The Morgan fingerprint density at radius 1 is 1.26 bits per heavy atom. The number of nitrogens with zero attached hydrogens (tertiary/aromatic N) is 1. The second-order valence-electron chi connectivity index (χ2n) is 4.99. The highest BCUT2D eigenvalue weighted by atomic mass is 32.1. The van der Waals surface area contributed by atoms with Crippen LogP contribution in [-0.4, -0.2) is 11.5 Å². The van der Waals surface area contributed by atoms with Gasteiger partial charge in [0.2, 0.25) is 0 Å². The Morgan fingerprint density at radius 3 is 2.68 bits per heavy atom. The molecule has 1 unspecified atom stereocenters. The average molecular weight is 274 g/mol. The zero-order chi connectivity index (χ0) is 13.7. The molecule has 1 aromatic carbocycles. The first-order chi connectivity index (χ1) is 9.19. The number of aromatic nitrogens is 1. The first-order valence-corrected chi connectivity index (χ1v) is 7.74. The van der Waals surface area contributed by atoms with Crippen LogP contribution in [0.15, 0.2) is 30.5 Å². The van der Waals surface area contributed by atoms with E-state index in [1.54, 1.807) is 0 Å². The maximum Gasteiger partial charge on any atom is 0.0972 e. The molecular weight excluding hydrogens is 252 g/mol. The number of hydrogen-bond acceptors (Lipinski definition) is 3. The maximum absolute atomic E-state index is 4.54. The minimum atomic E-state index is 0.407. The van der Waals surface area contributed by atoms with Gasteiger partial charge in [0.25, 0.3) is 0 Å². The van der Waals surface area contributed by atoms with Gasteiger partial charge in [-0.05, 0) is 32.4 Å². The highest BCUT2D eigenvalue weighted by Gasteiger charge is 2.09. The predicted molar refractivity (Wildman–Crippen MR) is 82.8 cm³/mol. The zero-order valence-electron chi connectivity index (χ0n) is 11.9. The summed E-state index contributed by atoms with van der Waals surface area (Å²) < 4.78 is 0. The van der Waals surface area contributed by atoms with Gasteiger partial charge in [-0.15, -0.1) is 11.3 Å². The van der Waals surface area contributed by atoms with E-state index in [2.05, 4.69) is 55.3 Å². The summed E-state index contributed by atoms with van der Waals surface area (Å²) in [5.74, 6) is 0. The van der Waals surface area contributed by atoms with E-state index in [4.69, 9.17) is 0 Å². The van der Waals surface area contributed by atoms with Crippen molar-refractivity contribution >= 4 is 11.3 Å². The molecule has 0 fully saturated rings. The van der Waals surface area contributed by atoms with E-state index in [9.17, 15) is 0 Å². The molecule has 0 bridgehead atoms. The van der Waals surface area contributed by atoms with Crippen molar-refractivity contribution in [1.29, 1.82) is 0 Å². The first-order valence-electron chi connectivity index (χ1n) is 6.92. The standard InChI is InChI=1S/C16H22N2S/c1-4-9-17-13(3)15-11-18-16(19-15)10-14-7-5-12(2)6-8-14/h5-8,11,13,17H,4,9-10H2,1-3H3. The van der Waals surface area contributed by atoms with Gasteiger partial charge < -0.3 is 5.32 Å². The Morgan fingerprint density at radius 2 is 2.00 bits per heavy atom. The number of nitrogens with one attached hydrogen (secondary N) is 1. The molecule has 0 amide bonds. The molecule has 0 aliphatic heterocycles. The van der Waals surface area contributed by atoms with Crippen LogP contribution in [0.5, 0.6) is 0 Å². The Bertz CT molecular complexity index is 502. The molecule has 0 aliphatic carbocycles. The van der Waals surface area contributed by atoms with Gasteiger partial charge in [0.05, 0.1) is 5.01 Å². The van der Waals surface area contributed by atoms with Crippen LogP contribution < -0.4 is 5.32 Å². The minimum Gasteiger partial charge on any atom is -0.309 e. The van der Waals surface area contributed by atoms with Gasteiger partial charge in [-0.1, -0.05) is 36.8 Å². The zero-order valence-corrected chi connectivity index (χ0v) is 12.8. The molecule has 2 rings (SSSR count). The van der Waals surface area contributed by atoms with Crippen molar-refractivity contribution in [1.82, 2.24) is 10.3 Å². The SMILES string of the molecule is CCCNC(C)c1cnc(Cc2ccc(C)cc2)s1. The van der Waals surface area contributed by atoms with Crippen molar-refractivity contribution in [2.24, 2.45) is 0 Å². The molecule has 0 saturated heterocycles. The van der Waals surface area contributed by atoms with Gasteiger partial charge in [0.15, 0.2) is 0 Å². The lowest BCUT2D eigenvalue weighted by atomic mass is 10.1. The van der Waals surface area contributed by atoms with Crippen molar-refractivity contribution < 1.29 is 0 Å². The van der Waals surface area contributed by atoms with Crippen LogP contribution >= 0.6 is 11.3 Å². The maximum atomic E-state index is 4.54. The summed E-state index contributed by atoms with van der Waals surface area (Å²) in [6, 6.07) is 9.11. The molecule has 0 spiro atoms. The van der Waals surface area contributed by atoms with Crippen molar-refractivity contribution in [2.75, 3.05) is 6.54 Å². The summed E-state index contributed by atoms with van der Waals surface area (Å²) in [6.45, 7) is 7.58. The van der Waals surface area contributed by atoms with Crippen molar-refractivity contribution in [3.8, 4) is 0 Å². The third-order valence-corrected chi connectivity index (χ3v) is 4.35. The van der Waals surface area contributed by atoms with Crippen molar-refractivity contribution in [3.05, 3.63) is 51.5 Å². The van der Waals surface area contributed by atoms with Gasteiger partial charge in [-0.25, -0.2) is 4.98 Å². The van der Waals surface area contributed by atoms with Gasteiger partial charge in [-0.2, -0.15) is 0 Å². The van der Waals surface area contributed by atoms with E-state index < -0.39 is 0 Å². The number of rotatable bonds is 6. The van der Waals surface area contributed by atoms with Gasteiger partial charge in [-0.3, -0.25) is 0 Å². The lowest BCUT2D eigenvalue weighted by Gasteiger charge is -2.09. The molecule has 3 heteroatoms. The molecular formula is C16H22N2S. The lowest BCUT2D eigenvalue weighted by molar-refractivity contribution is 0.577. The molecule has 0 aliphatic rings. The molecule has 102 valence electrons. The Kier molecular flexibility index (Phi) is 5.11. The topological polar surface area (TPSA) is 24.9 Å². The molecule has 0 saturated carbocycles. The fraction of sp³-hybridized carbons (Fsp3) is 0.438. The van der Waals surface area contributed by atoms with Crippen LogP contribution in [0.4, 0.5) is 0 Å². The molecule has 1 aromatic heterocycles. The Balaban J connectivity index is 1.98. The molecule has 2 nitrogen and oxygen atoms in total. The van der Waals surface area contributed by atoms with Crippen molar-refractivity contribution in [3.63, 3.8) is 0 Å². The first kappa shape index (κ1) is 14.2. The summed E-state index contributed by atoms with van der Waals surface area (Å²) >= 11 is 1.82. The Labute approximate surface area is 119 Å². The smallest absolute Gasteiger partial charge is 0.0972 e. The van der Waals surface area contributed by atoms with Crippen LogP contribution in [0.3, 0.4) is 0 Å². The second kappa shape index (κ2) is 6.83. The fourth-order valence-corrected chi connectivity index (χ4v) is 2.93. The quantitative estimate of drug-likeness (QED) is 0.857. The van der Waals surface area contributed by atoms with E-state index in [1.807, 2.05) is 17.5 Å². The van der Waals surface area contributed by atoms with E-state index in [0.29, 0.717) is 6.04 Å². The lowest BCUT2D eigenvalue weighted by Crippen LogP contribution is -2.18. The number of benzene rings is 1. The number of aryl methyl sites for hydroxylation is 1. The largest absolute Gasteiger partial charge is 0.309 e. The normalized spacial score (nSPS) is 12.6. The fourth-order valence-electron chi connectivity index (χ4n) is 1.95. The summed E-state index contributed by atoms with van der Waals surface area (Å²) in [7, 11) is 0. The van der Waals surface area contributed by atoms with Crippen LogP contribution in [-0.2, 0) is 6.42 Å². The van der Waals surface area contributed by atoms with E-state index >= 15 is 0 Å². The van der Waals surface area contributed by atoms with Gasteiger partial charge in [0, 0.05) is 23.5 Å².